The maximum absolute atomic E-state index is 10.4. The monoisotopic (exact) mass is 490 g/mol. The molecule has 0 amide bonds. The summed E-state index contributed by atoms with van der Waals surface area (Å²) in [6.45, 7) is 19.6. The Morgan fingerprint density at radius 3 is 1.88 bits per heavy atom. The number of phenols is 1. The molecule has 0 fully saturated rings. The molecule has 1 aromatic carbocycles. The van der Waals surface area contributed by atoms with E-state index < -0.39 is 0 Å². The predicted octanol–water partition coefficient (Wildman–Crippen LogP) is 8.49. The summed E-state index contributed by atoms with van der Waals surface area (Å²) in [5, 5.41) is 10.4. The molecule has 3 atom stereocenters. The van der Waals surface area contributed by atoms with Gasteiger partial charge in [-0.3, -0.25) is 0 Å². The fourth-order valence-electron chi connectivity index (χ4n) is 5.27. The van der Waals surface area contributed by atoms with Gasteiger partial charge in [0.05, 0.1) is 0 Å². The minimum atomic E-state index is -0.0712. The first-order valence-corrected chi connectivity index (χ1v) is 15.2. The van der Waals surface area contributed by atoms with Crippen LogP contribution in [0, 0.1) is 38.5 Å². The first-order valence-electron chi connectivity index (χ1n) is 13.8. The highest BCUT2D eigenvalue weighted by molar-refractivity contribution is 6.22. The second-order valence-electron chi connectivity index (χ2n) is 11.7. The Morgan fingerprint density at radius 2 is 1.35 bits per heavy atom. The lowest BCUT2D eigenvalue weighted by Gasteiger charge is -2.38. The van der Waals surface area contributed by atoms with Crippen LogP contribution in [-0.2, 0) is 6.42 Å². The quantitative estimate of drug-likeness (QED) is 0.289. The largest absolute Gasteiger partial charge is 0.507 e. The summed E-state index contributed by atoms with van der Waals surface area (Å²) >= 11 is 0. The zero-order valence-electron chi connectivity index (χ0n) is 23.8. The van der Waals surface area contributed by atoms with Gasteiger partial charge >= 0.3 is 0 Å². The van der Waals surface area contributed by atoms with Crippen molar-refractivity contribution in [3.05, 3.63) is 22.3 Å². The average Bonchev–Trinajstić information content (AvgIpc) is 2.76. The van der Waals surface area contributed by atoms with Crippen molar-refractivity contribution in [2.45, 2.75) is 138 Å². The smallest absolute Gasteiger partial charge is 0.220 e. The van der Waals surface area contributed by atoms with Crippen LogP contribution < -0.4 is 4.74 Å². The molecule has 0 saturated carbocycles. The van der Waals surface area contributed by atoms with Gasteiger partial charge in [-0.2, -0.15) is 0 Å². The van der Waals surface area contributed by atoms with Crippen LogP contribution in [0.15, 0.2) is 0 Å². The molecular formula is C30H54O3Si. The molecule has 0 saturated heterocycles. The second kappa shape index (κ2) is 15.2. The number of ether oxygens (including phenoxy) is 1. The van der Waals surface area contributed by atoms with Crippen LogP contribution in [0.1, 0.15) is 121 Å². The third kappa shape index (κ3) is 9.93. The zero-order valence-corrected chi connectivity index (χ0v) is 24.8. The predicted molar refractivity (Wildman–Crippen MR) is 148 cm³/mol. The molecule has 2 radical (unpaired) electrons. The molecule has 0 aromatic heterocycles. The Morgan fingerprint density at radius 1 is 0.853 bits per heavy atom. The highest BCUT2D eigenvalue weighted by atomic mass is 28.2. The van der Waals surface area contributed by atoms with Crippen LogP contribution in [0.5, 0.6) is 11.5 Å². The van der Waals surface area contributed by atoms with E-state index in [1.54, 1.807) is 6.55 Å². The number of fused-ring (bicyclic) bond motifs is 1. The summed E-state index contributed by atoms with van der Waals surface area (Å²) in [6.07, 6.45) is 14.1. The van der Waals surface area contributed by atoms with E-state index >= 15 is 0 Å². The summed E-state index contributed by atoms with van der Waals surface area (Å²) in [5.41, 5.74) is 4.23. The molecule has 34 heavy (non-hydrogen) atoms. The second-order valence-corrected chi connectivity index (χ2v) is 12.1. The third-order valence-corrected chi connectivity index (χ3v) is 7.87. The molecule has 0 aliphatic carbocycles. The lowest BCUT2D eigenvalue weighted by molar-refractivity contribution is 0.0512. The van der Waals surface area contributed by atoms with Crippen LogP contribution in [0.3, 0.4) is 0 Å². The molecule has 1 aromatic rings. The zero-order chi connectivity index (χ0) is 25.9. The van der Waals surface area contributed by atoms with Crippen molar-refractivity contribution in [1.82, 2.24) is 0 Å². The van der Waals surface area contributed by atoms with Gasteiger partial charge in [-0.25, -0.2) is 0 Å². The van der Waals surface area contributed by atoms with Crippen molar-refractivity contribution >= 4 is 9.76 Å². The normalized spacial score (nSPS) is 19.1. The van der Waals surface area contributed by atoms with Crippen LogP contribution in [0.25, 0.3) is 0 Å². The molecule has 3 nitrogen and oxygen atoms in total. The summed E-state index contributed by atoms with van der Waals surface area (Å²) in [7, 11) is 0.0833. The molecule has 4 heteroatoms. The van der Waals surface area contributed by atoms with Crippen LogP contribution in [0.2, 0.25) is 6.55 Å². The van der Waals surface area contributed by atoms with Crippen LogP contribution in [-0.4, -0.2) is 25.3 Å². The Bertz CT molecular complexity index is 730. The van der Waals surface area contributed by atoms with Gasteiger partial charge in [-0.15, -0.1) is 0 Å². The maximum atomic E-state index is 10.4. The Balaban J connectivity index is 0.00000182. The molecule has 0 bridgehead atoms. The number of rotatable bonds is 12. The third-order valence-electron chi connectivity index (χ3n) is 7.87. The van der Waals surface area contributed by atoms with Crippen molar-refractivity contribution in [2.24, 2.45) is 17.8 Å². The van der Waals surface area contributed by atoms with Crippen molar-refractivity contribution in [1.29, 1.82) is 0 Å². The van der Waals surface area contributed by atoms with Crippen molar-refractivity contribution in [3.8, 4) is 11.5 Å². The van der Waals surface area contributed by atoms with E-state index in [1.807, 2.05) is 13.8 Å². The first kappa shape index (κ1) is 31.0. The Labute approximate surface area is 214 Å². The summed E-state index contributed by atoms with van der Waals surface area (Å²) in [5.74, 6) is 4.04. The summed E-state index contributed by atoms with van der Waals surface area (Å²) in [6, 6.07) is 0. The molecule has 2 N–H and O–H groups in total. The van der Waals surface area contributed by atoms with E-state index in [4.69, 9.17) is 9.53 Å². The van der Waals surface area contributed by atoms with Gasteiger partial charge in [-0.05, 0) is 94.4 Å². The van der Waals surface area contributed by atoms with E-state index in [-0.39, 0.29) is 15.4 Å². The van der Waals surface area contributed by atoms with E-state index in [2.05, 4.69) is 41.5 Å². The summed E-state index contributed by atoms with van der Waals surface area (Å²) in [4.78, 5) is 7.60. The minimum Gasteiger partial charge on any atom is -0.507 e. The van der Waals surface area contributed by atoms with E-state index in [0.29, 0.717) is 5.75 Å². The van der Waals surface area contributed by atoms with Gasteiger partial charge in [0, 0.05) is 5.56 Å². The van der Waals surface area contributed by atoms with Crippen molar-refractivity contribution in [3.63, 3.8) is 0 Å². The van der Waals surface area contributed by atoms with Gasteiger partial charge in [-0.1, -0.05) is 72.6 Å². The number of hydrogen-bond donors (Lipinski definition) is 2. The fraction of sp³-hybridized carbons (Fsp3) is 0.800. The van der Waals surface area contributed by atoms with Crippen LogP contribution in [0.4, 0.5) is 0 Å². The van der Waals surface area contributed by atoms with Gasteiger partial charge in [0.25, 0.3) is 0 Å². The molecule has 0 spiro atoms. The van der Waals surface area contributed by atoms with E-state index in [0.717, 1.165) is 59.5 Å². The van der Waals surface area contributed by atoms with E-state index in [1.165, 1.54) is 56.9 Å². The lowest BCUT2D eigenvalue weighted by Crippen LogP contribution is -2.37. The standard InChI is InChI=1S/C29H50O2.CH4OSi/c1-20(2)12-9-13-21(3)14-10-15-22(4)16-11-18-29(8)19-17-26-25(7)27(30)23(5)24(6)28(26)31-29;1-3-2/h20-22,30H,9-19H2,1-8H3;2H,1H3/t21-,22-,29-;/m1./s1. The minimum absolute atomic E-state index is 0.0712. The van der Waals surface area contributed by atoms with Gasteiger partial charge in [0.2, 0.25) is 9.76 Å². The Hall–Kier alpha value is -1.00. The number of benzene rings is 1. The molecule has 1 aliphatic heterocycles. The van der Waals surface area contributed by atoms with E-state index in [9.17, 15) is 5.11 Å². The number of hydrogen-bond acceptors (Lipinski definition) is 3. The molecule has 0 unspecified atom stereocenters. The summed E-state index contributed by atoms with van der Waals surface area (Å²) < 4.78 is 6.60. The van der Waals surface area contributed by atoms with Gasteiger partial charge in [0.15, 0.2) is 0 Å². The topological polar surface area (TPSA) is 49.7 Å². The Kier molecular flexibility index (Phi) is 13.9. The molecule has 2 rings (SSSR count). The number of aromatic hydroxyl groups is 1. The lowest BCUT2D eigenvalue weighted by atomic mass is 9.84. The van der Waals surface area contributed by atoms with Crippen molar-refractivity contribution < 1.29 is 14.6 Å². The first-order chi connectivity index (χ1) is 16.0. The fourth-order valence-corrected chi connectivity index (χ4v) is 5.27. The molecule has 1 aliphatic rings. The van der Waals surface area contributed by atoms with Crippen molar-refractivity contribution in [2.75, 3.05) is 0 Å². The average molecular weight is 491 g/mol. The van der Waals surface area contributed by atoms with Gasteiger partial charge < -0.3 is 14.6 Å². The van der Waals surface area contributed by atoms with Gasteiger partial charge in [0.1, 0.15) is 17.1 Å². The highest BCUT2D eigenvalue weighted by Gasteiger charge is 2.34. The highest BCUT2D eigenvalue weighted by Crippen LogP contribution is 2.44. The molecule has 196 valence electrons. The maximum Gasteiger partial charge on any atom is 0.220 e. The molecular weight excluding hydrogens is 436 g/mol. The van der Waals surface area contributed by atoms with Crippen LogP contribution >= 0.6 is 0 Å². The number of phenolic OH excluding ortho intramolecular Hbond substituents is 1. The SMILES string of the molecule is C[Si]O.Cc1c(C)c2c(c(C)c1O)CC[C@@](C)(CCC[C@H](C)CCC[C@H](C)CCCC(C)C)O2. The molecule has 1 heterocycles.